The van der Waals surface area contributed by atoms with Crippen LogP contribution in [0.3, 0.4) is 0 Å². The van der Waals surface area contributed by atoms with E-state index in [9.17, 15) is 10.2 Å². The van der Waals surface area contributed by atoms with Crippen LogP contribution in [0.15, 0.2) is 30.3 Å². The molecule has 0 fully saturated rings. The highest BCUT2D eigenvalue weighted by Crippen LogP contribution is 2.36. The second-order valence-corrected chi connectivity index (χ2v) is 4.42. The van der Waals surface area contributed by atoms with Crippen molar-refractivity contribution in [2.24, 2.45) is 0 Å². The molecular weight excluding hydrogens is 212 g/mol. The largest absolute Gasteiger partial charge is 0.504 e. The number of hydrogen-bond donors (Lipinski definition) is 2. The molecule has 2 nitrogen and oxygen atoms in total. The Hall–Kier alpha value is -1.96. The fraction of sp³-hybridized carbons (Fsp3) is 0.200. The molecule has 2 heteroatoms. The van der Waals surface area contributed by atoms with E-state index in [1.54, 1.807) is 12.1 Å². The van der Waals surface area contributed by atoms with E-state index in [0.29, 0.717) is 0 Å². The van der Waals surface area contributed by atoms with Gasteiger partial charge in [-0.1, -0.05) is 18.2 Å². The molecule has 0 saturated heterocycles. The van der Waals surface area contributed by atoms with E-state index in [4.69, 9.17) is 0 Å². The SMILES string of the molecule is Cc1cc(O)c(O)cc1-c1c(C)cccc1C. The number of phenols is 2. The summed E-state index contributed by atoms with van der Waals surface area (Å²) in [4.78, 5) is 0. The predicted molar refractivity (Wildman–Crippen MR) is 69.4 cm³/mol. The van der Waals surface area contributed by atoms with Crippen molar-refractivity contribution in [2.75, 3.05) is 0 Å². The van der Waals surface area contributed by atoms with Gasteiger partial charge in [-0.15, -0.1) is 0 Å². The van der Waals surface area contributed by atoms with Crippen molar-refractivity contribution in [3.05, 3.63) is 47.0 Å². The Morgan fingerprint density at radius 3 is 1.88 bits per heavy atom. The zero-order valence-electron chi connectivity index (χ0n) is 10.3. The molecule has 0 saturated carbocycles. The van der Waals surface area contributed by atoms with Crippen molar-refractivity contribution in [3.63, 3.8) is 0 Å². The van der Waals surface area contributed by atoms with Crippen LogP contribution >= 0.6 is 0 Å². The first-order valence-corrected chi connectivity index (χ1v) is 5.60. The number of hydrogen-bond acceptors (Lipinski definition) is 2. The average molecular weight is 228 g/mol. The van der Waals surface area contributed by atoms with Crippen LogP contribution in [0, 0.1) is 20.8 Å². The molecule has 0 spiro atoms. The van der Waals surface area contributed by atoms with Gasteiger partial charge in [-0.25, -0.2) is 0 Å². The Labute approximate surface area is 101 Å². The molecule has 0 aromatic heterocycles. The summed E-state index contributed by atoms with van der Waals surface area (Å²) >= 11 is 0. The zero-order chi connectivity index (χ0) is 12.6. The van der Waals surface area contributed by atoms with Crippen molar-refractivity contribution in [1.29, 1.82) is 0 Å². The highest BCUT2D eigenvalue weighted by Gasteiger charge is 2.11. The van der Waals surface area contributed by atoms with E-state index >= 15 is 0 Å². The van der Waals surface area contributed by atoms with Gasteiger partial charge in [-0.2, -0.15) is 0 Å². The highest BCUT2D eigenvalue weighted by atomic mass is 16.3. The lowest BCUT2D eigenvalue weighted by Crippen LogP contribution is -1.90. The minimum Gasteiger partial charge on any atom is -0.504 e. The molecule has 0 aliphatic heterocycles. The van der Waals surface area contributed by atoms with Gasteiger partial charge in [0, 0.05) is 0 Å². The normalized spacial score (nSPS) is 10.5. The van der Waals surface area contributed by atoms with Crippen LogP contribution in [-0.2, 0) is 0 Å². The second kappa shape index (κ2) is 4.13. The van der Waals surface area contributed by atoms with Gasteiger partial charge in [-0.05, 0) is 60.7 Å². The molecule has 2 rings (SSSR count). The second-order valence-electron chi connectivity index (χ2n) is 4.42. The maximum Gasteiger partial charge on any atom is 0.158 e. The first kappa shape index (κ1) is 11.5. The zero-order valence-corrected chi connectivity index (χ0v) is 10.3. The van der Waals surface area contributed by atoms with Gasteiger partial charge in [0.05, 0.1) is 0 Å². The molecule has 0 radical (unpaired) electrons. The minimum absolute atomic E-state index is 0.0718. The van der Waals surface area contributed by atoms with Crippen LogP contribution < -0.4 is 0 Å². The summed E-state index contributed by atoms with van der Waals surface area (Å²) in [6.07, 6.45) is 0. The summed E-state index contributed by atoms with van der Waals surface area (Å²) in [6.45, 7) is 6.03. The molecule has 88 valence electrons. The van der Waals surface area contributed by atoms with E-state index in [0.717, 1.165) is 27.8 Å². The van der Waals surface area contributed by atoms with Gasteiger partial charge in [0.1, 0.15) is 0 Å². The smallest absolute Gasteiger partial charge is 0.158 e. The lowest BCUT2D eigenvalue weighted by atomic mass is 9.92. The maximum atomic E-state index is 9.62. The molecule has 0 unspecified atom stereocenters. The third-order valence-electron chi connectivity index (χ3n) is 3.07. The van der Waals surface area contributed by atoms with E-state index in [2.05, 4.69) is 0 Å². The molecule has 2 N–H and O–H groups in total. The summed E-state index contributed by atoms with van der Waals surface area (Å²) < 4.78 is 0. The molecule has 0 amide bonds. The van der Waals surface area contributed by atoms with Crippen LogP contribution in [0.4, 0.5) is 0 Å². The standard InChI is InChI=1S/C15H16O2/c1-9-5-4-6-10(2)15(9)12-8-14(17)13(16)7-11(12)3/h4-8,16-17H,1-3H3. The average Bonchev–Trinajstić information content (AvgIpc) is 2.25. The lowest BCUT2D eigenvalue weighted by Gasteiger charge is -2.13. The summed E-state index contributed by atoms with van der Waals surface area (Å²) in [5, 5.41) is 19.1. The Balaban J connectivity index is 2.73. The summed E-state index contributed by atoms with van der Waals surface area (Å²) in [6, 6.07) is 9.33. The summed E-state index contributed by atoms with van der Waals surface area (Å²) in [5.74, 6) is -0.147. The van der Waals surface area contributed by atoms with Crippen LogP contribution in [-0.4, -0.2) is 10.2 Å². The Morgan fingerprint density at radius 1 is 0.765 bits per heavy atom. The molecule has 0 aliphatic carbocycles. The first-order chi connectivity index (χ1) is 8.00. The van der Waals surface area contributed by atoms with E-state index in [-0.39, 0.29) is 11.5 Å². The van der Waals surface area contributed by atoms with Gasteiger partial charge in [0.15, 0.2) is 11.5 Å². The number of rotatable bonds is 1. The molecule has 0 atom stereocenters. The van der Waals surface area contributed by atoms with Crippen molar-refractivity contribution in [3.8, 4) is 22.6 Å². The van der Waals surface area contributed by atoms with Gasteiger partial charge in [0.25, 0.3) is 0 Å². The number of phenolic OH excluding ortho intramolecular Hbond substituents is 2. The summed E-state index contributed by atoms with van der Waals surface area (Å²) in [5.41, 5.74) is 5.38. The highest BCUT2D eigenvalue weighted by molar-refractivity contribution is 5.75. The minimum atomic E-state index is -0.0757. The Kier molecular flexibility index (Phi) is 2.80. The third kappa shape index (κ3) is 1.98. The van der Waals surface area contributed by atoms with Gasteiger partial charge >= 0.3 is 0 Å². The van der Waals surface area contributed by atoms with Crippen molar-refractivity contribution in [1.82, 2.24) is 0 Å². The first-order valence-electron chi connectivity index (χ1n) is 5.60. The number of benzene rings is 2. The van der Waals surface area contributed by atoms with Crippen molar-refractivity contribution < 1.29 is 10.2 Å². The summed E-state index contributed by atoms with van der Waals surface area (Å²) in [7, 11) is 0. The third-order valence-corrected chi connectivity index (χ3v) is 3.07. The molecule has 2 aromatic carbocycles. The number of aromatic hydroxyl groups is 2. The van der Waals surface area contributed by atoms with E-state index in [1.807, 2.05) is 39.0 Å². The number of aryl methyl sites for hydroxylation is 3. The van der Waals surface area contributed by atoms with Crippen LogP contribution in [0.2, 0.25) is 0 Å². The molecular formula is C15H16O2. The van der Waals surface area contributed by atoms with E-state index in [1.165, 1.54) is 0 Å². The Morgan fingerprint density at radius 2 is 1.29 bits per heavy atom. The van der Waals surface area contributed by atoms with Gasteiger partial charge < -0.3 is 10.2 Å². The Bertz CT molecular complexity index is 551. The van der Waals surface area contributed by atoms with Crippen molar-refractivity contribution in [2.45, 2.75) is 20.8 Å². The predicted octanol–water partition coefficient (Wildman–Crippen LogP) is 3.69. The fourth-order valence-corrected chi connectivity index (χ4v) is 2.19. The van der Waals surface area contributed by atoms with Gasteiger partial charge in [-0.3, -0.25) is 0 Å². The molecule has 0 heterocycles. The topological polar surface area (TPSA) is 40.5 Å². The van der Waals surface area contributed by atoms with Crippen LogP contribution in [0.25, 0.3) is 11.1 Å². The molecule has 2 aromatic rings. The lowest BCUT2D eigenvalue weighted by molar-refractivity contribution is 0.403. The van der Waals surface area contributed by atoms with Gasteiger partial charge in [0.2, 0.25) is 0 Å². The fourth-order valence-electron chi connectivity index (χ4n) is 2.19. The quantitative estimate of drug-likeness (QED) is 0.731. The van der Waals surface area contributed by atoms with Crippen LogP contribution in [0.5, 0.6) is 11.5 Å². The van der Waals surface area contributed by atoms with E-state index < -0.39 is 0 Å². The molecule has 17 heavy (non-hydrogen) atoms. The van der Waals surface area contributed by atoms with Crippen LogP contribution in [0.1, 0.15) is 16.7 Å². The monoisotopic (exact) mass is 228 g/mol. The molecule has 0 bridgehead atoms. The maximum absolute atomic E-state index is 9.62. The molecule has 0 aliphatic rings. The van der Waals surface area contributed by atoms with Crippen molar-refractivity contribution >= 4 is 0 Å².